The van der Waals surface area contributed by atoms with Crippen LogP contribution in [-0.4, -0.2) is 7.11 Å². The molecule has 0 aliphatic heterocycles. The van der Waals surface area contributed by atoms with Crippen LogP contribution in [0.2, 0.25) is 0 Å². The van der Waals surface area contributed by atoms with Crippen molar-refractivity contribution in [3.63, 3.8) is 0 Å². The second-order valence-corrected chi connectivity index (χ2v) is 5.65. The molecule has 1 aromatic heterocycles. The van der Waals surface area contributed by atoms with Gasteiger partial charge in [-0.3, -0.25) is 0 Å². The molecule has 0 radical (unpaired) electrons. The lowest BCUT2D eigenvalue weighted by Crippen LogP contribution is -1.92. The molecule has 0 amide bonds. The Bertz CT molecular complexity index is 572. The third kappa shape index (κ3) is 2.23. The topological polar surface area (TPSA) is 35.2 Å². The molecule has 1 heterocycles. The van der Waals surface area contributed by atoms with E-state index in [1.807, 2.05) is 0 Å². The smallest absolute Gasteiger partial charge is 0.122 e. The molecule has 0 unspecified atom stereocenters. The number of anilines is 1. The van der Waals surface area contributed by atoms with Crippen molar-refractivity contribution < 1.29 is 4.74 Å². The first kappa shape index (κ1) is 13.0. The molecule has 0 fully saturated rings. The zero-order valence-corrected chi connectivity index (χ0v) is 12.1. The maximum absolute atomic E-state index is 6.13. The summed E-state index contributed by atoms with van der Waals surface area (Å²) in [7, 11) is 1.70. The monoisotopic (exact) mass is 261 g/mol. The van der Waals surface area contributed by atoms with Crippen LogP contribution < -0.4 is 10.5 Å². The van der Waals surface area contributed by atoms with Crippen LogP contribution in [0.15, 0.2) is 18.2 Å². The Balaban J connectivity index is 2.56. The van der Waals surface area contributed by atoms with Gasteiger partial charge >= 0.3 is 0 Å². The molecule has 1 aromatic carbocycles. The Hall–Kier alpha value is -1.48. The Morgan fingerprint density at radius 2 is 1.83 bits per heavy atom. The summed E-state index contributed by atoms with van der Waals surface area (Å²) >= 11 is 1.68. The Kier molecular flexibility index (Phi) is 3.62. The summed E-state index contributed by atoms with van der Waals surface area (Å²) in [4.78, 5) is 1.33. The molecule has 0 spiro atoms. The summed E-state index contributed by atoms with van der Waals surface area (Å²) in [5.74, 6) is 0.931. The van der Waals surface area contributed by atoms with Crippen molar-refractivity contribution in [3.8, 4) is 16.9 Å². The predicted molar refractivity (Wildman–Crippen MR) is 79.6 cm³/mol. The first-order valence-corrected chi connectivity index (χ1v) is 6.92. The maximum atomic E-state index is 6.13. The van der Waals surface area contributed by atoms with Crippen LogP contribution in [0.25, 0.3) is 11.1 Å². The lowest BCUT2D eigenvalue weighted by atomic mass is 9.99. The van der Waals surface area contributed by atoms with Crippen LogP contribution in [-0.2, 0) is 6.42 Å². The van der Waals surface area contributed by atoms with E-state index in [2.05, 4.69) is 39.0 Å². The molecule has 0 aliphatic carbocycles. The number of nitrogens with two attached hydrogens (primary N) is 1. The normalized spacial score (nSPS) is 10.7. The van der Waals surface area contributed by atoms with Crippen molar-refractivity contribution in [2.45, 2.75) is 27.2 Å². The highest BCUT2D eigenvalue weighted by molar-refractivity contribution is 7.16. The average molecular weight is 261 g/mol. The van der Waals surface area contributed by atoms with Gasteiger partial charge in [-0.25, -0.2) is 0 Å². The molecule has 0 saturated carbocycles. The van der Waals surface area contributed by atoms with Crippen LogP contribution >= 0.6 is 11.3 Å². The maximum Gasteiger partial charge on any atom is 0.122 e. The highest BCUT2D eigenvalue weighted by atomic mass is 32.1. The van der Waals surface area contributed by atoms with Crippen molar-refractivity contribution in [1.82, 2.24) is 0 Å². The van der Waals surface area contributed by atoms with E-state index in [0.29, 0.717) is 0 Å². The molecule has 96 valence electrons. The Morgan fingerprint density at radius 3 is 2.39 bits per heavy atom. The molecule has 2 nitrogen and oxygen atoms in total. The number of benzene rings is 1. The Labute approximate surface area is 112 Å². The van der Waals surface area contributed by atoms with Crippen LogP contribution in [0.5, 0.6) is 5.75 Å². The number of rotatable bonds is 3. The summed E-state index contributed by atoms with van der Waals surface area (Å²) in [5.41, 5.74) is 10.8. The minimum Gasteiger partial charge on any atom is -0.496 e. The highest BCUT2D eigenvalue weighted by Crippen LogP contribution is 2.38. The molecule has 0 saturated heterocycles. The van der Waals surface area contributed by atoms with Gasteiger partial charge in [-0.15, -0.1) is 11.3 Å². The first-order valence-electron chi connectivity index (χ1n) is 6.10. The molecule has 2 aromatic rings. The van der Waals surface area contributed by atoms with E-state index in [1.165, 1.54) is 16.0 Å². The van der Waals surface area contributed by atoms with Crippen molar-refractivity contribution in [2.24, 2.45) is 0 Å². The predicted octanol–water partition coefficient (Wildman–Crippen LogP) is 4.19. The summed E-state index contributed by atoms with van der Waals surface area (Å²) in [6, 6.07) is 6.44. The fourth-order valence-corrected chi connectivity index (χ4v) is 3.02. The zero-order valence-electron chi connectivity index (χ0n) is 11.3. The molecule has 0 atom stereocenters. The van der Waals surface area contributed by atoms with E-state index in [0.717, 1.165) is 28.3 Å². The van der Waals surface area contributed by atoms with Gasteiger partial charge in [0, 0.05) is 10.4 Å². The summed E-state index contributed by atoms with van der Waals surface area (Å²) in [6.45, 7) is 6.31. The lowest BCUT2D eigenvalue weighted by Gasteiger charge is -2.11. The number of hydrogen-bond donors (Lipinski definition) is 1. The minimum atomic E-state index is 0.902. The SMILES string of the molecule is CCc1cc(-c2cc(C)c(OC)cc2C)c(N)s1. The minimum absolute atomic E-state index is 0.902. The molecular weight excluding hydrogens is 242 g/mol. The van der Waals surface area contributed by atoms with Crippen molar-refractivity contribution >= 4 is 16.3 Å². The van der Waals surface area contributed by atoms with E-state index in [4.69, 9.17) is 10.5 Å². The number of ether oxygens (including phenoxy) is 1. The molecule has 18 heavy (non-hydrogen) atoms. The quantitative estimate of drug-likeness (QED) is 0.899. The summed E-state index contributed by atoms with van der Waals surface area (Å²) in [6.07, 6.45) is 1.03. The van der Waals surface area contributed by atoms with Gasteiger partial charge in [-0.1, -0.05) is 6.92 Å². The zero-order chi connectivity index (χ0) is 13.3. The van der Waals surface area contributed by atoms with E-state index in [9.17, 15) is 0 Å². The molecule has 2 N–H and O–H groups in total. The third-order valence-electron chi connectivity index (χ3n) is 3.19. The second-order valence-electron chi connectivity index (χ2n) is 4.48. The van der Waals surface area contributed by atoms with Gasteiger partial charge in [0.2, 0.25) is 0 Å². The van der Waals surface area contributed by atoms with Crippen LogP contribution in [0.4, 0.5) is 5.00 Å². The molecule has 0 aliphatic rings. The van der Waals surface area contributed by atoms with Gasteiger partial charge in [0.15, 0.2) is 0 Å². The summed E-state index contributed by atoms with van der Waals surface area (Å²) < 4.78 is 5.34. The van der Waals surface area contributed by atoms with Gasteiger partial charge in [-0.05, 0) is 55.2 Å². The van der Waals surface area contributed by atoms with Crippen molar-refractivity contribution in [1.29, 1.82) is 0 Å². The van der Waals surface area contributed by atoms with Gasteiger partial charge in [0.25, 0.3) is 0 Å². The molecular formula is C15H19NOS. The first-order chi connectivity index (χ1) is 8.56. The standard InChI is InChI=1S/C15H19NOS/c1-5-11-8-13(15(16)18-11)12-6-10(3)14(17-4)7-9(12)2/h6-8H,5,16H2,1-4H3. The number of nitrogen functional groups attached to an aromatic ring is 1. The molecule has 0 bridgehead atoms. The van der Waals surface area contributed by atoms with Gasteiger partial charge in [0.1, 0.15) is 5.75 Å². The van der Waals surface area contributed by atoms with E-state index < -0.39 is 0 Å². The molecule has 2 rings (SSSR count). The number of hydrogen-bond acceptors (Lipinski definition) is 3. The lowest BCUT2D eigenvalue weighted by molar-refractivity contribution is 0.411. The highest BCUT2D eigenvalue weighted by Gasteiger charge is 2.12. The van der Waals surface area contributed by atoms with E-state index in [1.54, 1.807) is 18.4 Å². The van der Waals surface area contributed by atoms with Gasteiger partial charge in [-0.2, -0.15) is 0 Å². The van der Waals surface area contributed by atoms with Crippen LogP contribution in [0.1, 0.15) is 22.9 Å². The third-order valence-corrected chi connectivity index (χ3v) is 4.30. The van der Waals surface area contributed by atoms with E-state index >= 15 is 0 Å². The van der Waals surface area contributed by atoms with E-state index in [-0.39, 0.29) is 0 Å². The van der Waals surface area contributed by atoms with Gasteiger partial charge in [0.05, 0.1) is 12.1 Å². The van der Waals surface area contributed by atoms with Crippen LogP contribution in [0.3, 0.4) is 0 Å². The summed E-state index contributed by atoms with van der Waals surface area (Å²) in [5, 5.41) is 0.902. The number of aryl methyl sites for hydroxylation is 3. The van der Waals surface area contributed by atoms with Gasteiger partial charge < -0.3 is 10.5 Å². The largest absolute Gasteiger partial charge is 0.496 e. The Morgan fingerprint density at radius 1 is 1.11 bits per heavy atom. The molecule has 3 heteroatoms. The van der Waals surface area contributed by atoms with Crippen molar-refractivity contribution in [2.75, 3.05) is 12.8 Å². The van der Waals surface area contributed by atoms with Crippen LogP contribution in [0, 0.1) is 13.8 Å². The second kappa shape index (κ2) is 5.02. The fraction of sp³-hybridized carbons (Fsp3) is 0.333. The van der Waals surface area contributed by atoms with Crippen molar-refractivity contribution in [3.05, 3.63) is 34.2 Å². The number of methoxy groups -OCH3 is 1. The fourth-order valence-electron chi connectivity index (χ4n) is 2.14. The number of thiophene rings is 1. The average Bonchev–Trinajstić information content (AvgIpc) is 2.73.